The van der Waals surface area contributed by atoms with Crippen LogP contribution in [-0.4, -0.2) is 17.1 Å². The van der Waals surface area contributed by atoms with Gasteiger partial charge in [-0.05, 0) is 31.1 Å². The van der Waals surface area contributed by atoms with E-state index in [-0.39, 0.29) is 5.92 Å². The smallest absolute Gasteiger partial charge is 0.306 e. The minimum absolute atomic E-state index is 0.0986. The first-order valence-electron chi connectivity index (χ1n) is 4.17. The first-order chi connectivity index (χ1) is 5.18. The van der Waals surface area contributed by atoms with E-state index < -0.39 is 5.97 Å². The van der Waals surface area contributed by atoms with Crippen LogP contribution in [0.3, 0.4) is 0 Å². The van der Waals surface area contributed by atoms with E-state index in [0.717, 1.165) is 12.8 Å². The third kappa shape index (κ3) is 0.948. The Hall–Kier alpha value is -0.570. The summed E-state index contributed by atoms with van der Waals surface area (Å²) in [6.07, 6.45) is 2.80. The topological polar surface area (TPSA) is 63.3 Å². The van der Waals surface area contributed by atoms with Crippen LogP contribution in [0.5, 0.6) is 0 Å². The van der Waals surface area contributed by atoms with Gasteiger partial charge in [0.2, 0.25) is 0 Å². The number of rotatable bonds is 1. The van der Waals surface area contributed by atoms with E-state index in [9.17, 15) is 4.79 Å². The maximum absolute atomic E-state index is 10.6. The van der Waals surface area contributed by atoms with Gasteiger partial charge in [0, 0.05) is 6.04 Å². The first-order valence-corrected chi connectivity index (χ1v) is 4.17. The van der Waals surface area contributed by atoms with Gasteiger partial charge in [-0.25, -0.2) is 0 Å². The van der Waals surface area contributed by atoms with Crippen molar-refractivity contribution >= 4 is 5.97 Å². The van der Waals surface area contributed by atoms with E-state index in [1.54, 1.807) is 0 Å². The number of carbonyl (C=O) groups is 1. The average Bonchev–Trinajstić information content (AvgIpc) is 2.03. The Morgan fingerprint density at radius 1 is 1.27 bits per heavy atom. The molecular formula is C8H13NO2. The highest BCUT2D eigenvalue weighted by Gasteiger charge is 2.46. The summed E-state index contributed by atoms with van der Waals surface area (Å²) < 4.78 is 0. The second-order valence-corrected chi connectivity index (χ2v) is 3.84. The van der Waals surface area contributed by atoms with Crippen molar-refractivity contribution in [3.63, 3.8) is 0 Å². The second-order valence-electron chi connectivity index (χ2n) is 3.84. The maximum atomic E-state index is 10.6. The molecule has 3 heteroatoms. The van der Waals surface area contributed by atoms with Gasteiger partial charge in [-0.2, -0.15) is 0 Å². The molecule has 3 nitrogen and oxygen atoms in total. The Labute approximate surface area is 65.6 Å². The molecule has 0 aromatic carbocycles. The number of carboxylic acid groups (broad SMARTS) is 1. The summed E-state index contributed by atoms with van der Waals surface area (Å²) in [6.45, 7) is 0. The van der Waals surface area contributed by atoms with Gasteiger partial charge in [-0.1, -0.05) is 0 Å². The molecule has 0 radical (unpaired) electrons. The van der Waals surface area contributed by atoms with Crippen molar-refractivity contribution in [2.75, 3.05) is 0 Å². The number of fused-ring (bicyclic) bond motifs is 2. The summed E-state index contributed by atoms with van der Waals surface area (Å²) in [6, 6.07) is 0.311. The maximum Gasteiger partial charge on any atom is 0.306 e. The fourth-order valence-electron chi connectivity index (χ4n) is 2.43. The summed E-state index contributed by atoms with van der Waals surface area (Å²) in [5.41, 5.74) is 5.80. The van der Waals surface area contributed by atoms with Gasteiger partial charge in [-0.3, -0.25) is 4.79 Å². The highest BCUT2D eigenvalue weighted by atomic mass is 16.4. The Balaban J connectivity index is 1.99. The molecule has 0 amide bonds. The van der Waals surface area contributed by atoms with E-state index in [2.05, 4.69) is 0 Å². The van der Waals surface area contributed by atoms with E-state index in [1.807, 2.05) is 0 Å². The Bertz CT molecular complexity index is 181. The zero-order valence-corrected chi connectivity index (χ0v) is 6.36. The standard InChI is InChI=1S/C8H13NO2/c9-7-4-1-5(7)3-6(2-4)8(10)11/h4-7H,1-3,9H2,(H,10,11)/t4-,5-,6?,7?/m1/s1. The van der Waals surface area contributed by atoms with Crippen molar-refractivity contribution in [1.29, 1.82) is 0 Å². The third-order valence-electron chi connectivity index (χ3n) is 3.22. The van der Waals surface area contributed by atoms with Crippen molar-refractivity contribution in [2.45, 2.75) is 25.3 Å². The summed E-state index contributed by atoms with van der Waals surface area (Å²) in [5.74, 6) is 0.287. The van der Waals surface area contributed by atoms with Gasteiger partial charge in [0.25, 0.3) is 0 Å². The normalized spacial score (nSPS) is 48.1. The molecule has 3 fully saturated rings. The molecule has 3 aliphatic carbocycles. The number of hydrogen-bond donors (Lipinski definition) is 2. The minimum atomic E-state index is -0.633. The monoisotopic (exact) mass is 155 g/mol. The van der Waals surface area contributed by atoms with Crippen molar-refractivity contribution in [2.24, 2.45) is 23.5 Å². The van der Waals surface area contributed by atoms with Crippen LogP contribution in [0.15, 0.2) is 0 Å². The van der Waals surface area contributed by atoms with E-state index in [0.29, 0.717) is 17.9 Å². The molecule has 11 heavy (non-hydrogen) atoms. The number of carboxylic acids is 1. The fraction of sp³-hybridized carbons (Fsp3) is 0.875. The van der Waals surface area contributed by atoms with Crippen LogP contribution in [0, 0.1) is 17.8 Å². The molecule has 2 atom stereocenters. The van der Waals surface area contributed by atoms with Crippen molar-refractivity contribution in [1.82, 2.24) is 0 Å². The van der Waals surface area contributed by atoms with Crippen molar-refractivity contribution in [3.05, 3.63) is 0 Å². The Morgan fingerprint density at radius 3 is 2.18 bits per heavy atom. The number of hydrogen-bond acceptors (Lipinski definition) is 2. The average molecular weight is 155 g/mol. The van der Waals surface area contributed by atoms with Crippen LogP contribution in [-0.2, 0) is 4.79 Å². The van der Waals surface area contributed by atoms with Crippen LogP contribution < -0.4 is 5.73 Å². The molecule has 3 rings (SSSR count). The van der Waals surface area contributed by atoms with Crippen LogP contribution in [0.2, 0.25) is 0 Å². The zero-order valence-electron chi connectivity index (χ0n) is 6.36. The van der Waals surface area contributed by atoms with E-state index >= 15 is 0 Å². The second kappa shape index (κ2) is 2.21. The zero-order chi connectivity index (χ0) is 8.01. The van der Waals surface area contributed by atoms with Gasteiger partial charge in [-0.15, -0.1) is 0 Å². The summed E-state index contributed by atoms with van der Waals surface area (Å²) in [4.78, 5) is 10.6. The Morgan fingerprint density at radius 2 is 1.82 bits per heavy atom. The van der Waals surface area contributed by atoms with E-state index in [4.69, 9.17) is 10.8 Å². The van der Waals surface area contributed by atoms with Gasteiger partial charge >= 0.3 is 5.97 Å². The SMILES string of the molecule is NC1[C@H]2CC(C(=O)O)C[C@H]1C2. The molecule has 0 aliphatic heterocycles. The highest BCUT2D eigenvalue weighted by molar-refractivity contribution is 5.70. The summed E-state index contributed by atoms with van der Waals surface area (Å²) in [5, 5.41) is 8.72. The molecule has 0 spiro atoms. The molecule has 0 heterocycles. The predicted molar refractivity (Wildman–Crippen MR) is 39.9 cm³/mol. The highest BCUT2D eigenvalue weighted by Crippen LogP contribution is 2.47. The number of nitrogens with two attached hydrogens (primary N) is 1. The molecule has 2 bridgehead atoms. The minimum Gasteiger partial charge on any atom is -0.481 e. The molecule has 3 aliphatic rings. The third-order valence-corrected chi connectivity index (χ3v) is 3.22. The fourth-order valence-corrected chi connectivity index (χ4v) is 2.43. The quantitative estimate of drug-likeness (QED) is 0.577. The lowest BCUT2D eigenvalue weighted by molar-refractivity contribution is -0.147. The lowest BCUT2D eigenvalue weighted by Crippen LogP contribution is -2.54. The van der Waals surface area contributed by atoms with Crippen molar-refractivity contribution in [3.8, 4) is 0 Å². The van der Waals surface area contributed by atoms with Crippen LogP contribution in [0.25, 0.3) is 0 Å². The van der Waals surface area contributed by atoms with Gasteiger partial charge in [0.05, 0.1) is 5.92 Å². The molecule has 0 aromatic rings. The molecule has 3 N–H and O–H groups in total. The number of aliphatic carboxylic acids is 1. The molecule has 3 saturated carbocycles. The van der Waals surface area contributed by atoms with Crippen LogP contribution in [0.1, 0.15) is 19.3 Å². The molecule has 62 valence electrons. The van der Waals surface area contributed by atoms with Crippen molar-refractivity contribution < 1.29 is 9.90 Å². The lowest BCUT2D eigenvalue weighted by Gasteiger charge is -2.49. The summed E-state index contributed by atoms with van der Waals surface area (Å²) >= 11 is 0. The largest absolute Gasteiger partial charge is 0.481 e. The van der Waals surface area contributed by atoms with Gasteiger partial charge in [0.15, 0.2) is 0 Å². The van der Waals surface area contributed by atoms with Gasteiger partial charge < -0.3 is 10.8 Å². The van der Waals surface area contributed by atoms with E-state index in [1.165, 1.54) is 6.42 Å². The molecular weight excluding hydrogens is 142 g/mol. The van der Waals surface area contributed by atoms with Crippen LogP contribution in [0.4, 0.5) is 0 Å². The lowest BCUT2D eigenvalue weighted by atomic mass is 9.58. The first kappa shape index (κ1) is 7.10. The van der Waals surface area contributed by atoms with Crippen LogP contribution >= 0.6 is 0 Å². The molecule has 0 saturated heterocycles. The Kier molecular flexibility index (Phi) is 1.42. The summed E-state index contributed by atoms with van der Waals surface area (Å²) in [7, 11) is 0. The predicted octanol–water partition coefficient (Wildman–Crippen LogP) is 0.444. The van der Waals surface area contributed by atoms with Gasteiger partial charge in [0.1, 0.15) is 0 Å². The molecule has 0 aromatic heterocycles. The molecule has 0 unspecified atom stereocenters.